The lowest BCUT2D eigenvalue weighted by Gasteiger charge is -2.15. The first kappa shape index (κ1) is 12.8. The molecule has 1 aliphatic rings. The third-order valence-corrected chi connectivity index (χ3v) is 3.43. The molecule has 1 N–H and O–H groups in total. The van der Waals surface area contributed by atoms with Gasteiger partial charge in [0.05, 0.1) is 5.69 Å². The van der Waals surface area contributed by atoms with E-state index in [0.29, 0.717) is 18.1 Å². The van der Waals surface area contributed by atoms with Crippen molar-refractivity contribution >= 4 is 11.6 Å². The molecule has 0 spiro atoms. The summed E-state index contributed by atoms with van der Waals surface area (Å²) < 4.78 is 13.3. The molecular weight excluding hydrogens is 259 g/mol. The predicted molar refractivity (Wildman–Crippen MR) is 72.3 cm³/mol. The fourth-order valence-electron chi connectivity index (χ4n) is 2.31. The summed E-state index contributed by atoms with van der Waals surface area (Å²) in [5, 5.41) is 6.72. The van der Waals surface area contributed by atoms with Crippen LogP contribution < -0.4 is 4.90 Å². The average molecular weight is 274 g/mol. The van der Waals surface area contributed by atoms with Crippen LogP contribution in [0.3, 0.4) is 0 Å². The first-order valence-electron chi connectivity index (χ1n) is 6.59. The summed E-state index contributed by atoms with van der Waals surface area (Å²) in [5.41, 5.74) is 1.59. The van der Waals surface area contributed by atoms with E-state index in [1.165, 1.54) is 17.0 Å². The zero-order valence-corrected chi connectivity index (χ0v) is 11.4. The van der Waals surface area contributed by atoms with Gasteiger partial charge < -0.3 is 4.90 Å². The van der Waals surface area contributed by atoms with Gasteiger partial charge in [0.15, 0.2) is 0 Å². The second-order valence-electron chi connectivity index (χ2n) is 5.18. The van der Waals surface area contributed by atoms with Gasteiger partial charge in [-0.2, -0.15) is 0 Å². The quantitative estimate of drug-likeness (QED) is 0.913. The highest BCUT2D eigenvalue weighted by Gasteiger charge is 2.28. The number of benzene rings is 1. The van der Waals surface area contributed by atoms with E-state index >= 15 is 0 Å². The average Bonchev–Trinajstić information content (AvgIpc) is 3.04. The highest BCUT2D eigenvalue weighted by molar-refractivity contribution is 6.04. The van der Waals surface area contributed by atoms with Gasteiger partial charge in [-0.15, -0.1) is 5.10 Å². The van der Waals surface area contributed by atoms with E-state index < -0.39 is 0 Å². The monoisotopic (exact) mass is 274 g/mol. The molecule has 3 rings (SSSR count). The van der Waals surface area contributed by atoms with Crippen molar-refractivity contribution in [3.05, 3.63) is 41.2 Å². The molecule has 5 nitrogen and oxygen atoms in total. The van der Waals surface area contributed by atoms with Crippen molar-refractivity contribution in [2.24, 2.45) is 0 Å². The summed E-state index contributed by atoms with van der Waals surface area (Å²) in [6.45, 7) is 4.47. The Kier molecular flexibility index (Phi) is 3.00. The van der Waals surface area contributed by atoms with Crippen LogP contribution in [-0.2, 0) is 6.42 Å². The standard InChI is InChI=1S/C14H15FN4O/c1-8(2)12-16-13(18-17-12)14(20)19-6-5-9-3-4-10(15)7-11(9)19/h3-4,7-8H,5-6H2,1-2H3,(H,16,17,18). The summed E-state index contributed by atoms with van der Waals surface area (Å²) >= 11 is 0. The number of aromatic amines is 1. The number of rotatable bonds is 2. The van der Waals surface area contributed by atoms with Crippen molar-refractivity contribution in [2.75, 3.05) is 11.4 Å². The van der Waals surface area contributed by atoms with Crippen LogP contribution in [0.5, 0.6) is 0 Å². The van der Waals surface area contributed by atoms with Crippen molar-refractivity contribution in [2.45, 2.75) is 26.2 Å². The lowest BCUT2D eigenvalue weighted by atomic mass is 10.2. The third kappa shape index (κ3) is 2.07. The Morgan fingerprint density at radius 2 is 2.25 bits per heavy atom. The SMILES string of the molecule is CC(C)c1nc(C(=O)N2CCc3ccc(F)cc32)n[nH]1. The van der Waals surface area contributed by atoms with Gasteiger partial charge in [-0.1, -0.05) is 19.9 Å². The Labute approximate surface area is 115 Å². The molecule has 0 saturated heterocycles. The van der Waals surface area contributed by atoms with Crippen LogP contribution in [0.25, 0.3) is 0 Å². The minimum Gasteiger partial charge on any atom is -0.305 e. The highest BCUT2D eigenvalue weighted by Crippen LogP contribution is 2.29. The lowest BCUT2D eigenvalue weighted by Crippen LogP contribution is -2.30. The second-order valence-corrected chi connectivity index (χ2v) is 5.18. The summed E-state index contributed by atoms with van der Waals surface area (Å²) in [6.07, 6.45) is 0.725. The molecule has 2 aromatic rings. The number of anilines is 1. The van der Waals surface area contributed by atoms with Crippen molar-refractivity contribution in [1.29, 1.82) is 0 Å². The lowest BCUT2D eigenvalue weighted by molar-refractivity contribution is 0.0980. The van der Waals surface area contributed by atoms with Gasteiger partial charge in [0, 0.05) is 12.5 Å². The Balaban J connectivity index is 1.91. The number of fused-ring (bicyclic) bond motifs is 1. The number of amides is 1. The molecule has 20 heavy (non-hydrogen) atoms. The molecule has 0 aliphatic carbocycles. The number of halogens is 1. The molecule has 0 bridgehead atoms. The van der Waals surface area contributed by atoms with Crippen molar-refractivity contribution in [1.82, 2.24) is 15.2 Å². The minimum atomic E-state index is -0.346. The maximum absolute atomic E-state index is 13.3. The number of H-pyrrole nitrogens is 1. The zero-order chi connectivity index (χ0) is 14.3. The smallest absolute Gasteiger partial charge is 0.297 e. The van der Waals surface area contributed by atoms with Crippen LogP contribution in [0.15, 0.2) is 18.2 Å². The van der Waals surface area contributed by atoms with E-state index in [9.17, 15) is 9.18 Å². The highest BCUT2D eigenvalue weighted by atomic mass is 19.1. The van der Waals surface area contributed by atoms with Gasteiger partial charge in [0.1, 0.15) is 11.6 Å². The van der Waals surface area contributed by atoms with Gasteiger partial charge in [0.2, 0.25) is 5.82 Å². The number of carbonyl (C=O) groups is 1. The van der Waals surface area contributed by atoms with Crippen LogP contribution in [0.4, 0.5) is 10.1 Å². The molecule has 0 fully saturated rings. The van der Waals surface area contributed by atoms with Crippen molar-refractivity contribution in [3.63, 3.8) is 0 Å². The topological polar surface area (TPSA) is 61.9 Å². The number of carbonyl (C=O) groups excluding carboxylic acids is 1. The molecule has 1 amide bonds. The number of nitrogens with one attached hydrogen (secondary N) is 1. The Morgan fingerprint density at radius 3 is 2.95 bits per heavy atom. The van der Waals surface area contributed by atoms with Gasteiger partial charge in [0.25, 0.3) is 5.91 Å². The maximum atomic E-state index is 13.3. The minimum absolute atomic E-state index is 0.130. The Morgan fingerprint density at radius 1 is 1.45 bits per heavy atom. The molecule has 2 heterocycles. The fraction of sp³-hybridized carbons (Fsp3) is 0.357. The van der Waals surface area contributed by atoms with Gasteiger partial charge in [-0.05, 0) is 24.1 Å². The second kappa shape index (κ2) is 4.70. The Bertz CT molecular complexity index is 665. The first-order chi connectivity index (χ1) is 9.56. The van der Waals surface area contributed by atoms with Gasteiger partial charge in [-0.3, -0.25) is 9.89 Å². The number of aromatic nitrogens is 3. The molecule has 1 aromatic carbocycles. The molecule has 0 atom stereocenters. The summed E-state index contributed by atoms with van der Waals surface area (Å²) in [5.74, 6) is 0.337. The van der Waals surface area contributed by atoms with E-state index in [1.54, 1.807) is 6.07 Å². The largest absolute Gasteiger partial charge is 0.305 e. The summed E-state index contributed by atoms with van der Waals surface area (Å²) in [4.78, 5) is 18.1. The fourth-order valence-corrected chi connectivity index (χ4v) is 2.31. The van der Waals surface area contributed by atoms with Crippen molar-refractivity contribution in [3.8, 4) is 0 Å². The zero-order valence-electron chi connectivity index (χ0n) is 11.4. The van der Waals surface area contributed by atoms with Crippen LogP contribution in [0, 0.1) is 5.82 Å². The first-order valence-corrected chi connectivity index (χ1v) is 6.59. The number of nitrogens with zero attached hydrogens (tertiary/aromatic N) is 3. The van der Waals surface area contributed by atoms with Crippen LogP contribution in [-0.4, -0.2) is 27.6 Å². The molecule has 1 aliphatic heterocycles. The number of hydrogen-bond acceptors (Lipinski definition) is 3. The van der Waals surface area contributed by atoms with E-state index in [0.717, 1.165) is 12.0 Å². The van der Waals surface area contributed by atoms with E-state index in [2.05, 4.69) is 15.2 Å². The van der Waals surface area contributed by atoms with Crippen LogP contribution >= 0.6 is 0 Å². The predicted octanol–water partition coefficient (Wildman–Crippen LogP) is 2.27. The Hall–Kier alpha value is -2.24. The van der Waals surface area contributed by atoms with E-state index in [-0.39, 0.29) is 23.5 Å². The van der Waals surface area contributed by atoms with E-state index in [1.807, 2.05) is 13.8 Å². The molecular formula is C14H15FN4O. The number of hydrogen-bond donors (Lipinski definition) is 1. The normalized spacial score (nSPS) is 13.9. The molecule has 104 valence electrons. The summed E-state index contributed by atoms with van der Waals surface area (Å²) in [7, 11) is 0. The van der Waals surface area contributed by atoms with Crippen LogP contribution in [0.2, 0.25) is 0 Å². The molecule has 1 aromatic heterocycles. The molecule has 0 saturated carbocycles. The third-order valence-electron chi connectivity index (χ3n) is 3.43. The van der Waals surface area contributed by atoms with E-state index in [4.69, 9.17) is 0 Å². The molecule has 6 heteroatoms. The summed E-state index contributed by atoms with van der Waals surface area (Å²) in [6, 6.07) is 4.52. The maximum Gasteiger partial charge on any atom is 0.297 e. The van der Waals surface area contributed by atoms with Crippen molar-refractivity contribution < 1.29 is 9.18 Å². The van der Waals surface area contributed by atoms with Gasteiger partial charge >= 0.3 is 0 Å². The van der Waals surface area contributed by atoms with Gasteiger partial charge in [-0.25, -0.2) is 9.37 Å². The molecule has 0 unspecified atom stereocenters. The molecule has 0 radical (unpaired) electrons. The van der Waals surface area contributed by atoms with Crippen LogP contribution in [0.1, 0.15) is 41.8 Å².